The first kappa shape index (κ1) is 16.1. The molecule has 2 rings (SSSR count). The molecule has 1 aliphatic rings. The van der Waals surface area contributed by atoms with Crippen molar-refractivity contribution in [3.05, 3.63) is 28.2 Å². The van der Waals surface area contributed by atoms with Gasteiger partial charge >= 0.3 is 0 Å². The summed E-state index contributed by atoms with van der Waals surface area (Å²) in [7, 11) is 0. The van der Waals surface area contributed by atoms with Crippen molar-refractivity contribution in [1.82, 2.24) is 9.47 Å². The Kier molecular flexibility index (Phi) is 5.85. The maximum Gasteiger partial charge on any atom is 0.223 e. The minimum absolute atomic E-state index is 0.137. The van der Waals surface area contributed by atoms with Crippen LogP contribution in [0, 0.1) is 5.92 Å². The molecule has 21 heavy (non-hydrogen) atoms. The molecule has 0 aliphatic carbocycles. The third-order valence-corrected chi connectivity index (χ3v) is 4.46. The molecular formula is C17H28N2O2. The fourth-order valence-electron chi connectivity index (χ4n) is 2.93. The van der Waals surface area contributed by atoms with E-state index in [1.54, 1.807) is 12.3 Å². The van der Waals surface area contributed by atoms with Crippen LogP contribution in [0.3, 0.4) is 0 Å². The first-order valence-electron chi connectivity index (χ1n) is 8.24. The number of aromatic nitrogens is 1. The zero-order chi connectivity index (χ0) is 15.2. The van der Waals surface area contributed by atoms with Crippen LogP contribution in [-0.4, -0.2) is 27.7 Å². The van der Waals surface area contributed by atoms with Crippen molar-refractivity contribution in [3.8, 4) is 5.75 Å². The number of unbranched alkanes of at least 4 members (excludes halogenated alkanes) is 2. The highest BCUT2D eigenvalue weighted by Gasteiger charge is 2.17. The maximum atomic E-state index is 11.7. The summed E-state index contributed by atoms with van der Waals surface area (Å²) in [6, 6.07) is 1.61. The highest BCUT2D eigenvalue weighted by Crippen LogP contribution is 2.18. The Morgan fingerprint density at radius 2 is 2.00 bits per heavy atom. The largest absolute Gasteiger partial charge is 0.503 e. The average molecular weight is 292 g/mol. The molecule has 1 N–H and O–H groups in total. The van der Waals surface area contributed by atoms with Crippen molar-refractivity contribution in [2.75, 3.05) is 13.1 Å². The van der Waals surface area contributed by atoms with Crippen LogP contribution < -0.4 is 5.43 Å². The molecule has 118 valence electrons. The van der Waals surface area contributed by atoms with E-state index >= 15 is 0 Å². The van der Waals surface area contributed by atoms with Crippen molar-refractivity contribution in [1.29, 1.82) is 0 Å². The number of aromatic hydroxyl groups is 1. The highest BCUT2D eigenvalue weighted by molar-refractivity contribution is 5.20. The molecule has 4 nitrogen and oxygen atoms in total. The zero-order valence-corrected chi connectivity index (χ0v) is 13.3. The summed E-state index contributed by atoms with van der Waals surface area (Å²) in [5.41, 5.74) is 0.769. The number of nitrogens with zero attached hydrogens (tertiary/aromatic N) is 2. The molecule has 0 saturated carbocycles. The van der Waals surface area contributed by atoms with Crippen molar-refractivity contribution >= 4 is 0 Å². The van der Waals surface area contributed by atoms with E-state index in [0.717, 1.165) is 44.2 Å². The summed E-state index contributed by atoms with van der Waals surface area (Å²) in [4.78, 5) is 14.2. The quantitative estimate of drug-likeness (QED) is 0.820. The predicted octanol–water partition coefficient (Wildman–Crippen LogP) is 2.98. The predicted molar refractivity (Wildman–Crippen MR) is 85.6 cm³/mol. The second-order valence-corrected chi connectivity index (χ2v) is 6.37. The molecule has 1 fully saturated rings. The number of aryl methyl sites for hydroxylation is 1. The van der Waals surface area contributed by atoms with Gasteiger partial charge in [0.1, 0.15) is 0 Å². The molecule has 1 saturated heterocycles. The smallest absolute Gasteiger partial charge is 0.223 e. The van der Waals surface area contributed by atoms with Gasteiger partial charge in [0.25, 0.3) is 0 Å². The number of hydrogen-bond donors (Lipinski definition) is 1. The Hall–Kier alpha value is -1.29. The molecule has 0 aromatic carbocycles. The molecule has 0 spiro atoms. The van der Waals surface area contributed by atoms with Crippen LogP contribution in [0.15, 0.2) is 17.1 Å². The molecule has 0 amide bonds. The molecule has 0 radical (unpaired) electrons. The molecule has 1 aliphatic heterocycles. The SMILES string of the molecule is CCCCCn1cc(O)c(=O)cc1CN1CCC(C)CC1. The molecule has 2 heterocycles. The van der Waals surface area contributed by atoms with Crippen LogP contribution in [0.1, 0.15) is 51.6 Å². The summed E-state index contributed by atoms with van der Waals surface area (Å²) < 4.78 is 2.06. The fourth-order valence-corrected chi connectivity index (χ4v) is 2.93. The topological polar surface area (TPSA) is 45.5 Å². The average Bonchev–Trinajstić information content (AvgIpc) is 2.46. The molecule has 1 aromatic heterocycles. The second-order valence-electron chi connectivity index (χ2n) is 6.37. The second kappa shape index (κ2) is 7.64. The number of piperidine rings is 1. The monoisotopic (exact) mass is 292 g/mol. The van der Waals surface area contributed by atoms with Crippen molar-refractivity contribution in [2.45, 2.75) is 59.0 Å². The van der Waals surface area contributed by atoms with Crippen LogP contribution in [-0.2, 0) is 13.1 Å². The van der Waals surface area contributed by atoms with Crippen LogP contribution in [0.5, 0.6) is 5.75 Å². The third kappa shape index (κ3) is 4.60. The van der Waals surface area contributed by atoms with Crippen molar-refractivity contribution in [3.63, 3.8) is 0 Å². The van der Waals surface area contributed by atoms with Gasteiger partial charge in [-0.25, -0.2) is 0 Å². The van der Waals surface area contributed by atoms with Gasteiger partial charge in [0.2, 0.25) is 5.43 Å². The molecular weight excluding hydrogens is 264 g/mol. The van der Waals surface area contributed by atoms with Gasteiger partial charge in [-0.3, -0.25) is 9.69 Å². The van der Waals surface area contributed by atoms with Gasteiger partial charge in [0.05, 0.1) is 6.20 Å². The Bertz CT molecular complexity index is 502. The standard InChI is InChI=1S/C17H28N2O2/c1-3-4-5-8-19-13-17(21)16(20)11-15(19)12-18-9-6-14(2)7-10-18/h11,13-14,21H,3-10,12H2,1-2H3. The molecule has 0 bridgehead atoms. The fraction of sp³-hybridized carbons (Fsp3) is 0.706. The van der Waals surface area contributed by atoms with Gasteiger partial charge in [-0.15, -0.1) is 0 Å². The Balaban J connectivity index is 2.08. The number of likely N-dealkylation sites (tertiary alicyclic amines) is 1. The zero-order valence-electron chi connectivity index (χ0n) is 13.3. The van der Waals surface area contributed by atoms with Gasteiger partial charge in [0.15, 0.2) is 5.75 Å². The minimum atomic E-state index is -0.262. The summed E-state index contributed by atoms with van der Waals surface area (Å²) in [5.74, 6) is 0.676. The first-order valence-corrected chi connectivity index (χ1v) is 8.24. The van der Waals surface area contributed by atoms with Crippen LogP contribution in [0.25, 0.3) is 0 Å². The van der Waals surface area contributed by atoms with E-state index in [-0.39, 0.29) is 11.2 Å². The van der Waals surface area contributed by atoms with E-state index in [1.165, 1.54) is 25.7 Å². The summed E-state index contributed by atoms with van der Waals surface area (Å²) in [5, 5.41) is 9.67. The normalized spacial score (nSPS) is 17.2. The number of hydrogen-bond acceptors (Lipinski definition) is 3. The van der Waals surface area contributed by atoms with Gasteiger partial charge in [-0.2, -0.15) is 0 Å². The lowest BCUT2D eigenvalue weighted by atomic mass is 9.99. The van der Waals surface area contributed by atoms with E-state index in [1.807, 2.05) is 0 Å². The van der Waals surface area contributed by atoms with Crippen LogP contribution >= 0.6 is 0 Å². The molecule has 0 atom stereocenters. The lowest BCUT2D eigenvalue weighted by Gasteiger charge is -2.31. The van der Waals surface area contributed by atoms with Crippen molar-refractivity contribution < 1.29 is 5.11 Å². The van der Waals surface area contributed by atoms with Gasteiger partial charge in [-0.1, -0.05) is 26.7 Å². The summed E-state index contributed by atoms with van der Waals surface area (Å²) in [6.45, 7) is 8.38. The van der Waals surface area contributed by atoms with E-state index in [4.69, 9.17) is 0 Å². The highest BCUT2D eigenvalue weighted by atomic mass is 16.3. The Morgan fingerprint density at radius 3 is 2.67 bits per heavy atom. The molecule has 1 aromatic rings. The molecule has 4 heteroatoms. The maximum absolute atomic E-state index is 11.7. The van der Waals surface area contributed by atoms with Gasteiger partial charge < -0.3 is 9.67 Å². The van der Waals surface area contributed by atoms with E-state index in [9.17, 15) is 9.90 Å². The minimum Gasteiger partial charge on any atom is -0.503 e. The summed E-state index contributed by atoms with van der Waals surface area (Å²) >= 11 is 0. The van der Waals surface area contributed by atoms with Gasteiger partial charge in [-0.05, 0) is 38.3 Å². The Labute approximate surface area is 127 Å². The third-order valence-electron chi connectivity index (χ3n) is 4.46. The first-order chi connectivity index (χ1) is 10.1. The Morgan fingerprint density at radius 1 is 1.29 bits per heavy atom. The molecule has 0 unspecified atom stereocenters. The van der Waals surface area contributed by atoms with Crippen molar-refractivity contribution in [2.24, 2.45) is 5.92 Å². The van der Waals surface area contributed by atoms with E-state index < -0.39 is 0 Å². The number of pyridine rings is 1. The van der Waals surface area contributed by atoms with Crippen LogP contribution in [0.2, 0.25) is 0 Å². The van der Waals surface area contributed by atoms with Crippen LogP contribution in [0.4, 0.5) is 0 Å². The lowest BCUT2D eigenvalue weighted by Crippen LogP contribution is -2.33. The number of rotatable bonds is 6. The van der Waals surface area contributed by atoms with E-state index in [0.29, 0.717) is 0 Å². The lowest BCUT2D eigenvalue weighted by molar-refractivity contribution is 0.181. The van der Waals surface area contributed by atoms with E-state index in [2.05, 4.69) is 23.3 Å². The summed E-state index contributed by atoms with van der Waals surface area (Å²) in [6.07, 6.45) is 7.51. The van der Waals surface area contributed by atoms with Gasteiger partial charge in [0, 0.05) is 24.8 Å².